The molecule has 0 aromatic heterocycles. The summed E-state index contributed by atoms with van der Waals surface area (Å²) >= 11 is 0. The molecule has 0 aliphatic carbocycles. The van der Waals surface area contributed by atoms with Gasteiger partial charge in [0.25, 0.3) is 0 Å². The first kappa shape index (κ1) is 18.0. The average molecular weight is 283 g/mol. The normalized spacial score (nSPS) is 21.3. The van der Waals surface area contributed by atoms with Crippen LogP contribution in [0.3, 0.4) is 0 Å². The smallest absolute Gasteiger partial charge is 0.0914 e. The van der Waals surface area contributed by atoms with E-state index in [9.17, 15) is 0 Å². The summed E-state index contributed by atoms with van der Waals surface area (Å²) in [7, 11) is 0. The number of unbranched alkanes of at least 4 members (excludes halogenated alkanes) is 12. The first-order valence-electron chi connectivity index (χ1n) is 9.47. The van der Waals surface area contributed by atoms with Crippen LogP contribution in [-0.2, 0) is 4.74 Å². The van der Waals surface area contributed by atoms with Crippen LogP contribution in [0.2, 0.25) is 0 Å². The van der Waals surface area contributed by atoms with E-state index in [-0.39, 0.29) is 0 Å². The van der Waals surface area contributed by atoms with Crippen LogP contribution in [0, 0.1) is 0 Å². The molecule has 1 unspecified atom stereocenters. The van der Waals surface area contributed by atoms with Crippen molar-refractivity contribution in [1.29, 1.82) is 0 Å². The first-order chi connectivity index (χ1) is 9.83. The summed E-state index contributed by atoms with van der Waals surface area (Å²) in [4.78, 5) is 0. The molecule has 120 valence electrons. The predicted molar refractivity (Wildman–Crippen MR) is 89.3 cm³/mol. The lowest BCUT2D eigenvalue weighted by atomic mass is 9.98. The number of hydrogen-bond donors (Lipinski definition) is 0. The summed E-state index contributed by atoms with van der Waals surface area (Å²) in [5.74, 6) is 0. The lowest BCUT2D eigenvalue weighted by molar-refractivity contribution is 0.274. The van der Waals surface area contributed by atoms with E-state index in [4.69, 9.17) is 4.74 Å². The largest absolute Gasteiger partial charge is 0.370 e. The van der Waals surface area contributed by atoms with Gasteiger partial charge < -0.3 is 4.74 Å². The molecule has 0 radical (unpaired) electrons. The summed E-state index contributed by atoms with van der Waals surface area (Å²) in [5.41, 5.74) is 0.331. The molecular formula is C19H38O. The molecule has 1 nitrogen and oxygen atoms in total. The quantitative estimate of drug-likeness (QED) is 0.242. The third-order valence-corrected chi connectivity index (χ3v) is 4.93. The van der Waals surface area contributed by atoms with Crippen LogP contribution in [0.4, 0.5) is 0 Å². The van der Waals surface area contributed by atoms with Gasteiger partial charge in [-0.1, -0.05) is 97.3 Å². The molecule has 0 N–H and O–H groups in total. The van der Waals surface area contributed by atoms with Crippen molar-refractivity contribution in [2.45, 2.75) is 116 Å². The number of ether oxygens (including phenoxy) is 1. The Morgan fingerprint density at radius 3 is 1.40 bits per heavy atom. The maximum Gasteiger partial charge on any atom is 0.0914 e. The Morgan fingerprint density at radius 1 is 0.650 bits per heavy atom. The first-order valence-corrected chi connectivity index (χ1v) is 9.47. The molecule has 1 atom stereocenters. The minimum absolute atomic E-state index is 0.331. The van der Waals surface area contributed by atoms with Gasteiger partial charge >= 0.3 is 0 Å². The van der Waals surface area contributed by atoms with Gasteiger partial charge in [0.2, 0.25) is 0 Å². The van der Waals surface area contributed by atoms with Gasteiger partial charge in [-0.2, -0.15) is 0 Å². The van der Waals surface area contributed by atoms with Crippen LogP contribution in [0.5, 0.6) is 0 Å². The van der Waals surface area contributed by atoms with Crippen molar-refractivity contribution in [2.24, 2.45) is 0 Å². The Balaban J connectivity index is 1.68. The SMILES string of the molecule is CCCCCCCCCCCCCCCC1(CC)CO1. The molecule has 1 heterocycles. The Hall–Kier alpha value is -0.0400. The van der Waals surface area contributed by atoms with Gasteiger partial charge in [-0.3, -0.25) is 0 Å². The van der Waals surface area contributed by atoms with Crippen molar-refractivity contribution < 1.29 is 4.74 Å². The lowest BCUT2D eigenvalue weighted by Crippen LogP contribution is -2.08. The van der Waals surface area contributed by atoms with E-state index in [1.807, 2.05) is 0 Å². The summed E-state index contributed by atoms with van der Waals surface area (Å²) in [5, 5.41) is 0. The topological polar surface area (TPSA) is 12.5 Å². The fraction of sp³-hybridized carbons (Fsp3) is 1.00. The maximum atomic E-state index is 5.55. The van der Waals surface area contributed by atoms with E-state index >= 15 is 0 Å². The van der Waals surface area contributed by atoms with E-state index in [0.29, 0.717) is 5.60 Å². The molecule has 0 aromatic rings. The molecule has 0 saturated carbocycles. The van der Waals surface area contributed by atoms with Crippen LogP contribution in [0.1, 0.15) is 110 Å². The van der Waals surface area contributed by atoms with E-state index in [2.05, 4.69) is 13.8 Å². The van der Waals surface area contributed by atoms with Crippen LogP contribution < -0.4 is 0 Å². The van der Waals surface area contributed by atoms with Gasteiger partial charge in [0, 0.05) is 0 Å². The van der Waals surface area contributed by atoms with E-state index in [1.54, 1.807) is 0 Å². The molecule has 1 aliphatic heterocycles. The van der Waals surface area contributed by atoms with Crippen molar-refractivity contribution in [3.8, 4) is 0 Å². The minimum atomic E-state index is 0.331. The Bertz CT molecular complexity index is 208. The molecule has 1 heteroatoms. The molecule has 1 rings (SSSR count). The maximum absolute atomic E-state index is 5.55. The molecule has 1 fully saturated rings. The van der Waals surface area contributed by atoms with Crippen molar-refractivity contribution in [3.05, 3.63) is 0 Å². The third kappa shape index (κ3) is 9.00. The highest BCUT2D eigenvalue weighted by molar-refractivity contribution is 4.90. The van der Waals surface area contributed by atoms with Crippen LogP contribution >= 0.6 is 0 Å². The summed E-state index contributed by atoms with van der Waals surface area (Å²) in [6, 6.07) is 0. The molecule has 1 saturated heterocycles. The van der Waals surface area contributed by atoms with Gasteiger partial charge in [0.1, 0.15) is 0 Å². The Labute approximate surface area is 127 Å². The van der Waals surface area contributed by atoms with Gasteiger partial charge in [-0.15, -0.1) is 0 Å². The van der Waals surface area contributed by atoms with Gasteiger partial charge in [-0.25, -0.2) is 0 Å². The van der Waals surface area contributed by atoms with Crippen LogP contribution in [0.25, 0.3) is 0 Å². The summed E-state index contributed by atoms with van der Waals surface area (Å²) in [6.07, 6.45) is 21.3. The number of hydrogen-bond acceptors (Lipinski definition) is 1. The Morgan fingerprint density at radius 2 is 1.05 bits per heavy atom. The second-order valence-electron chi connectivity index (χ2n) is 6.82. The lowest BCUT2D eigenvalue weighted by Gasteiger charge is -2.08. The second kappa shape index (κ2) is 11.6. The van der Waals surface area contributed by atoms with Crippen LogP contribution in [-0.4, -0.2) is 12.2 Å². The number of epoxide rings is 1. The molecule has 0 spiro atoms. The van der Waals surface area contributed by atoms with Crippen LogP contribution in [0.15, 0.2) is 0 Å². The van der Waals surface area contributed by atoms with Crippen molar-refractivity contribution in [3.63, 3.8) is 0 Å². The molecule has 0 amide bonds. The van der Waals surface area contributed by atoms with Gasteiger partial charge in [0.05, 0.1) is 12.2 Å². The minimum Gasteiger partial charge on any atom is -0.370 e. The molecular weight excluding hydrogens is 244 g/mol. The second-order valence-corrected chi connectivity index (χ2v) is 6.82. The number of rotatable bonds is 15. The van der Waals surface area contributed by atoms with Gasteiger partial charge in [0.15, 0.2) is 0 Å². The zero-order valence-corrected chi connectivity index (χ0v) is 14.2. The van der Waals surface area contributed by atoms with Gasteiger partial charge in [-0.05, 0) is 12.8 Å². The predicted octanol–water partition coefficient (Wildman–Crippen LogP) is 6.65. The zero-order chi connectivity index (χ0) is 14.5. The molecule has 1 aliphatic rings. The zero-order valence-electron chi connectivity index (χ0n) is 14.2. The average Bonchev–Trinajstić information content (AvgIpc) is 3.24. The van der Waals surface area contributed by atoms with E-state index in [1.165, 1.54) is 96.3 Å². The van der Waals surface area contributed by atoms with Crippen molar-refractivity contribution in [1.82, 2.24) is 0 Å². The van der Waals surface area contributed by atoms with Crippen molar-refractivity contribution >= 4 is 0 Å². The fourth-order valence-corrected chi connectivity index (χ4v) is 3.09. The highest BCUT2D eigenvalue weighted by Gasteiger charge is 2.41. The third-order valence-electron chi connectivity index (χ3n) is 4.93. The fourth-order valence-electron chi connectivity index (χ4n) is 3.09. The van der Waals surface area contributed by atoms with Crippen molar-refractivity contribution in [2.75, 3.05) is 6.61 Å². The van der Waals surface area contributed by atoms with E-state index < -0.39 is 0 Å². The molecule has 0 aromatic carbocycles. The highest BCUT2D eigenvalue weighted by Crippen LogP contribution is 2.36. The Kier molecular flexibility index (Phi) is 10.4. The molecule has 20 heavy (non-hydrogen) atoms. The summed E-state index contributed by atoms with van der Waals surface area (Å²) in [6.45, 7) is 5.58. The monoisotopic (exact) mass is 282 g/mol. The molecule has 0 bridgehead atoms. The van der Waals surface area contributed by atoms with E-state index in [0.717, 1.165) is 6.61 Å². The summed E-state index contributed by atoms with van der Waals surface area (Å²) < 4.78 is 5.55. The highest BCUT2D eigenvalue weighted by atomic mass is 16.6. The standard InChI is InChI=1S/C19H38O/c1-3-5-6-7-8-9-10-11-12-13-14-15-16-17-19(4-2)18-20-19/h3-18H2,1-2H3.